The first kappa shape index (κ1) is 13.0. The third kappa shape index (κ3) is 3.24. The molecule has 0 spiro atoms. The van der Waals surface area contributed by atoms with Crippen molar-refractivity contribution in [2.24, 2.45) is 0 Å². The first-order valence-electron chi connectivity index (χ1n) is 6.28. The summed E-state index contributed by atoms with van der Waals surface area (Å²) in [6.45, 7) is 12.9. The highest BCUT2D eigenvalue weighted by molar-refractivity contribution is 5.54. The number of nitrogens with zero attached hydrogens (tertiary/aromatic N) is 1. The number of rotatable bonds is 6. The molecule has 0 fully saturated rings. The van der Waals surface area contributed by atoms with E-state index >= 15 is 0 Å². The van der Waals surface area contributed by atoms with Gasteiger partial charge in [-0.15, -0.1) is 0 Å². The highest BCUT2D eigenvalue weighted by Crippen LogP contribution is 2.20. The van der Waals surface area contributed by atoms with Gasteiger partial charge < -0.3 is 10.2 Å². The van der Waals surface area contributed by atoms with Gasteiger partial charge in [-0.2, -0.15) is 0 Å². The first-order valence-corrected chi connectivity index (χ1v) is 6.28. The fourth-order valence-corrected chi connectivity index (χ4v) is 2.02. The van der Waals surface area contributed by atoms with Gasteiger partial charge in [-0.25, -0.2) is 0 Å². The van der Waals surface area contributed by atoms with Crippen LogP contribution in [-0.2, 0) is 6.54 Å². The van der Waals surface area contributed by atoms with Gasteiger partial charge in [0.15, 0.2) is 0 Å². The lowest BCUT2D eigenvalue weighted by molar-refractivity contribution is 0.726. The van der Waals surface area contributed by atoms with Crippen molar-refractivity contribution in [2.45, 2.75) is 34.2 Å². The number of hydrogen-bond donors (Lipinski definition) is 1. The zero-order valence-electron chi connectivity index (χ0n) is 11.0. The molecule has 1 N–H and O–H groups in total. The molecule has 0 heterocycles. The Kier molecular flexibility index (Phi) is 5.33. The lowest BCUT2D eigenvalue weighted by Crippen LogP contribution is -2.22. The smallest absolute Gasteiger partial charge is 0.0395 e. The van der Waals surface area contributed by atoms with Crippen LogP contribution >= 0.6 is 0 Å². The minimum absolute atomic E-state index is 0.968. The predicted molar refractivity (Wildman–Crippen MR) is 72.1 cm³/mol. The molecule has 0 aliphatic heterocycles. The van der Waals surface area contributed by atoms with Gasteiger partial charge >= 0.3 is 0 Å². The number of aryl methyl sites for hydroxylation is 1. The molecule has 0 radical (unpaired) electrons. The van der Waals surface area contributed by atoms with Crippen LogP contribution in [0, 0.1) is 6.92 Å². The Hall–Kier alpha value is -1.02. The van der Waals surface area contributed by atoms with E-state index in [0.717, 1.165) is 26.2 Å². The van der Waals surface area contributed by atoms with Crippen LogP contribution in [0.5, 0.6) is 0 Å². The SMILES string of the molecule is CCNCc1ccc(N(CC)CC)c(C)c1. The van der Waals surface area contributed by atoms with Gasteiger partial charge in [0.1, 0.15) is 0 Å². The molecule has 0 saturated heterocycles. The average molecular weight is 220 g/mol. The van der Waals surface area contributed by atoms with Gasteiger partial charge in [0.25, 0.3) is 0 Å². The van der Waals surface area contributed by atoms with Crippen LogP contribution in [0.1, 0.15) is 31.9 Å². The van der Waals surface area contributed by atoms with E-state index in [1.54, 1.807) is 0 Å². The number of benzene rings is 1. The van der Waals surface area contributed by atoms with Gasteiger partial charge in [0, 0.05) is 25.3 Å². The second kappa shape index (κ2) is 6.54. The van der Waals surface area contributed by atoms with Gasteiger partial charge in [0.2, 0.25) is 0 Å². The number of hydrogen-bond acceptors (Lipinski definition) is 2. The molecule has 1 rings (SSSR count). The first-order chi connectivity index (χ1) is 7.72. The number of nitrogens with one attached hydrogen (secondary N) is 1. The highest BCUT2D eigenvalue weighted by atomic mass is 15.1. The van der Waals surface area contributed by atoms with Gasteiger partial charge in [0.05, 0.1) is 0 Å². The van der Waals surface area contributed by atoms with Crippen LogP contribution in [0.2, 0.25) is 0 Å². The van der Waals surface area contributed by atoms with Crippen LogP contribution in [-0.4, -0.2) is 19.6 Å². The molecule has 0 aliphatic carbocycles. The summed E-state index contributed by atoms with van der Waals surface area (Å²) in [7, 11) is 0. The van der Waals surface area contributed by atoms with Crippen LogP contribution in [0.4, 0.5) is 5.69 Å². The molecule has 0 aliphatic rings. The minimum Gasteiger partial charge on any atom is -0.372 e. The summed E-state index contributed by atoms with van der Waals surface area (Å²) >= 11 is 0. The molecule has 0 unspecified atom stereocenters. The summed E-state index contributed by atoms with van der Waals surface area (Å²) in [5.41, 5.74) is 4.11. The van der Waals surface area contributed by atoms with Crippen molar-refractivity contribution >= 4 is 5.69 Å². The average Bonchev–Trinajstić information content (AvgIpc) is 2.30. The Morgan fingerprint density at radius 2 is 1.81 bits per heavy atom. The standard InChI is InChI=1S/C14H24N2/c1-5-15-11-13-8-9-14(12(4)10-13)16(6-2)7-3/h8-10,15H,5-7,11H2,1-4H3. The van der Waals surface area contributed by atoms with Crippen LogP contribution in [0.3, 0.4) is 0 Å². The summed E-state index contributed by atoms with van der Waals surface area (Å²) in [5, 5.41) is 3.35. The maximum atomic E-state index is 3.35. The second-order valence-electron chi connectivity index (χ2n) is 4.07. The van der Waals surface area contributed by atoms with Crippen molar-refractivity contribution in [1.82, 2.24) is 5.32 Å². The third-order valence-electron chi connectivity index (χ3n) is 2.94. The molecule has 1 aromatic carbocycles. The molecular weight excluding hydrogens is 196 g/mol. The third-order valence-corrected chi connectivity index (χ3v) is 2.94. The topological polar surface area (TPSA) is 15.3 Å². The Labute approximate surface area is 99.7 Å². The van der Waals surface area contributed by atoms with E-state index in [1.165, 1.54) is 16.8 Å². The van der Waals surface area contributed by atoms with E-state index in [1.807, 2.05) is 0 Å². The van der Waals surface area contributed by atoms with Crippen LogP contribution in [0.15, 0.2) is 18.2 Å². The predicted octanol–water partition coefficient (Wildman–Crippen LogP) is 2.95. The van der Waals surface area contributed by atoms with Crippen molar-refractivity contribution in [3.05, 3.63) is 29.3 Å². The van der Waals surface area contributed by atoms with Crippen LogP contribution < -0.4 is 10.2 Å². The van der Waals surface area contributed by atoms with Crippen molar-refractivity contribution in [1.29, 1.82) is 0 Å². The van der Waals surface area contributed by atoms with E-state index < -0.39 is 0 Å². The molecule has 16 heavy (non-hydrogen) atoms. The normalized spacial score (nSPS) is 10.5. The van der Waals surface area contributed by atoms with E-state index in [9.17, 15) is 0 Å². The molecule has 0 amide bonds. The van der Waals surface area contributed by atoms with Crippen molar-refractivity contribution < 1.29 is 0 Å². The summed E-state index contributed by atoms with van der Waals surface area (Å²) < 4.78 is 0. The maximum Gasteiger partial charge on any atom is 0.0395 e. The van der Waals surface area contributed by atoms with Gasteiger partial charge in [-0.1, -0.05) is 19.1 Å². The lowest BCUT2D eigenvalue weighted by atomic mass is 10.1. The zero-order chi connectivity index (χ0) is 12.0. The summed E-state index contributed by atoms with van der Waals surface area (Å²) in [4.78, 5) is 2.40. The fourth-order valence-electron chi connectivity index (χ4n) is 2.02. The van der Waals surface area contributed by atoms with Crippen molar-refractivity contribution in [2.75, 3.05) is 24.5 Å². The molecule has 1 aromatic rings. The van der Waals surface area contributed by atoms with E-state index in [2.05, 4.69) is 56.1 Å². The van der Waals surface area contributed by atoms with Gasteiger partial charge in [-0.3, -0.25) is 0 Å². The summed E-state index contributed by atoms with van der Waals surface area (Å²) in [5.74, 6) is 0. The maximum absolute atomic E-state index is 3.35. The van der Waals surface area contributed by atoms with E-state index in [4.69, 9.17) is 0 Å². The minimum atomic E-state index is 0.968. The molecule has 2 nitrogen and oxygen atoms in total. The van der Waals surface area contributed by atoms with Crippen molar-refractivity contribution in [3.63, 3.8) is 0 Å². The molecule has 2 heteroatoms. The Balaban J connectivity index is 2.82. The molecule has 0 atom stereocenters. The Morgan fingerprint density at radius 1 is 1.12 bits per heavy atom. The summed E-state index contributed by atoms with van der Waals surface area (Å²) in [6.07, 6.45) is 0. The van der Waals surface area contributed by atoms with Crippen molar-refractivity contribution in [3.8, 4) is 0 Å². The fraction of sp³-hybridized carbons (Fsp3) is 0.571. The molecule has 0 saturated carbocycles. The number of anilines is 1. The quantitative estimate of drug-likeness (QED) is 0.793. The Morgan fingerprint density at radius 3 is 2.31 bits per heavy atom. The summed E-state index contributed by atoms with van der Waals surface area (Å²) in [6, 6.07) is 6.76. The Bertz CT molecular complexity index is 317. The molecule has 90 valence electrons. The van der Waals surface area contributed by atoms with E-state index in [0.29, 0.717) is 0 Å². The molecular formula is C14H24N2. The second-order valence-corrected chi connectivity index (χ2v) is 4.07. The molecule has 0 bridgehead atoms. The van der Waals surface area contributed by atoms with E-state index in [-0.39, 0.29) is 0 Å². The lowest BCUT2D eigenvalue weighted by Gasteiger charge is -2.23. The highest BCUT2D eigenvalue weighted by Gasteiger charge is 2.05. The zero-order valence-corrected chi connectivity index (χ0v) is 11.0. The monoisotopic (exact) mass is 220 g/mol. The van der Waals surface area contributed by atoms with Gasteiger partial charge in [-0.05, 0) is 44.5 Å². The molecule has 0 aromatic heterocycles. The largest absolute Gasteiger partial charge is 0.372 e. The van der Waals surface area contributed by atoms with Crippen LogP contribution in [0.25, 0.3) is 0 Å².